The minimum absolute atomic E-state index is 0.0994. The molecule has 0 aliphatic heterocycles. The van der Waals surface area contributed by atoms with E-state index < -0.39 is 5.69 Å². The summed E-state index contributed by atoms with van der Waals surface area (Å²) in [6.45, 7) is 0.0994. The number of hydrogen-bond acceptors (Lipinski definition) is 6. The molecule has 6 rings (SSSR count). The lowest BCUT2D eigenvalue weighted by molar-refractivity contribution is 0.418. The van der Waals surface area contributed by atoms with E-state index in [1.807, 2.05) is 54.6 Å². The first-order chi connectivity index (χ1) is 17.6. The third kappa shape index (κ3) is 3.96. The number of hydrogen-bond donors (Lipinski definition) is 0. The van der Waals surface area contributed by atoms with Crippen LogP contribution in [0.3, 0.4) is 0 Å². The number of rotatable bonds is 5. The molecular weight excluding hydrogens is 499 g/mol. The maximum absolute atomic E-state index is 13.2. The molecule has 0 N–H and O–H groups in total. The molecule has 0 radical (unpaired) electrons. The predicted molar refractivity (Wildman–Crippen MR) is 137 cm³/mol. The Kier molecular flexibility index (Phi) is 5.59. The van der Waals surface area contributed by atoms with E-state index in [4.69, 9.17) is 27.7 Å². The highest BCUT2D eigenvalue weighted by atomic mass is 35.5. The summed E-state index contributed by atoms with van der Waals surface area (Å²) in [5.74, 6) is 0.507. The van der Waals surface area contributed by atoms with Gasteiger partial charge in [0.25, 0.3) is 0 Å². The summed E-state index contributed by atoms with van der Waals surface area (Å²) in [6.07, 6.45) is 5.04. The molecule has 4 heterocycles. The molecule has 176 valence electrons. The van der Waals surface area contributed by atoms with E-state index in [-0.39, 0.29) is 6.54 Å². The quantitative estimate of drug-likeness (QED) is 0.296. The number of fused-ring (bicyclic) bond motifs is 1. The monoisotopic (exact) mass is 514 g/mol. The molecule has 0 spiro atoms. The summed E-state index contributed by atoms with van der Waals surface area (Å²) < 4.78 is 8.07. The Hall–Kier alpha value is -4.27. The molecule has 10 heteroatoms. The second-order valence-corrected chi connectivity index (χ2v) is 8.86. The molecule has 36 heavy (non-hydrogen) atoms. The van der Waals surface area contributed by atoms with Crippen LogP contribution in [0.1, 0.15) is 5.69 Å². The number of aromatic nitrogens is 6. The van der Waals surface area contributed by atoms with Crippen molar-refractivity contribution in [2.75, 3.05) is 0 Å². The highest BCUT2D eigenvalue weighted by Gasteiger charge is 2.20. The minimum atomic E-state index is -0.398. The zero-order valence-electron chi connectivity index (χ0n) is 18.5. The molecule has 0 saturated carbocycles. The second kappa shape index (κ2) is 9.07. The van der Waals surface area contributed by atoms with E-state index in [1.54, 1.807) is 30.7 Å². The van der Waals surface area contributed by atoms with Crippen molar-refractivity contribution in [3.05, 3.63) is 112 Å². The molecule has 0 unspecified atom stereocenters. The molecule has 0 bridgehead atoms. The fraction of sp³-hybridized carbons (Fsp3) is 0.0385. The van der Waals surface area contributed by atoms with Crippen LogP contribution in [0.2, 0.25) is 10.0 Å². The van der Waals surface area contributed by atoms with Crippen LogP contribution in [-0.4, -0.2) is 29.5 Å². The van der Waals surface area contributed by atoms with Gasteiger partial charge in [0.2, 0.25) is 0 Å². The highest BCUT2D eigenvalue weighted by Crippen LogP contribution is 2.34. The van der Waals surface area contributed by atoms with Gasteiger partial charge >= 0.3 is 5.69 Å². The van der Waals surface area contributed by atoms with Crippen LogP contribution < -0.4 is 5.69 Å². The average molecular weight is 515 g/mol. The molecule has 0 aliphatic carbocycles. The van der Waals surface area contributed by atoms with Crippen molar-refractivity contribution >= 4 is 28.8 Å². The maximum Gasteiger partial charge on any atom is 0.367 e. The third-order valence-electron chi connectivity index (χ3n) is 5.75. The van der Waals surface area contributed by atoms with Crippen molar-refractivity contribution in [1.82, 2.24) is 29.5 Å². The molecule has 6 aromatic rings. The number of nitrogens with zero attached hydrogens (tertiary/aromatic N) is 6. The molecular formula is C26H16Cl2N6O2. The maximum atomic E-state index is 13.2. The zero-order valence-corrected chi connectivity index (χ0v) is 20.1. The van der Waals surface area contributed by atoms with Crippen molar-refractivity contribution in [3.63, 3.8) is 0 Å². The Morgan fingerprint density at radius 1 is 0.889 bits per heavy atom. The van der Waals surface area contributed by atoms with E-state index in [0.29, 0.717) is 27.1 Å². The van der Waals surface area contributed by atoms with Gasteiger partial charge in [0.05, 0.1) is 17.8 Å². The van der Waals surface area contributed by atoms with Gasteiger partial charge in [-0.2, -0.15) is 9.61 Å². The van der Waals surface area contributed by atoms with Gasteiger partial charge in [0, 0.05) is 40.2 Å². The predicted octanol–water partition coefficient (Wildman–Crippen LogP) is 5.63. The molecule has 0 amide bonds. The van der Waals surface area contributed by atoms with Crippen LogP contribution in [0.15, 0.2) is 94.6 Å². The van der Waals surface area contributed by atoms with Crippen LogP contribution >= 0.6 is 23.2 Å². The van der Waals surface area contributed by atoms with E-state index in [0.717, 1.165) is 27.8 Å². The van der Waals surface area contributed by atoms with Gasteiger partial charge in [-0.05, 0) is 47.5 Å². The summed E-state index contributed by atoms with van der Waals surface area (Å²) in [5.41, 5.74) is 4.56. The smallest absolute Gasteiger partial charge is 0.356 e. The van der Waals surface area contributed by atoms with Crippen molar-refractivity contribution in [1.29, 1.82) is 0 Å². The standard InChI is InChI=1S/C26H16Cl2N6O2/c27-18-7-5-16(6-8-18)21-14-30-34-25(24(21)17-9-11-29-12-10-17)31-33(26(34)35)15-19-13-23(36-32-19)20-3-1-2-4-22(20)28/h1-14H,15H2. The normalized spacial score (nSPS) is 11.3. The summed E-state index contributed by atoms with van der Waals surface area (Å²) in [6, 6.07) is 20.2. The van der Waals surface area contributed by atoms with Crippen molar-refractivity contribution < 1.29 is 4.52 Å². The molecule has 0 saturated heterocycles. The molecule has 0 atom stereocenters. The van der Waals surface area contributed by atoms with Gasteiger partial charge in [-0.25, -0.2) is 9.48 Å². The first kappa shape index (κ1) is 22.2. The molecule has 0 aliphatic rings. The van der Waals surface area contributed by atoms with Crippen molar-refractivity contribution in [3.8, 4) is 33.6 Å². The average Bonchev–Trinajstić information content (AvgIpc) is 3.49. The van der Waals surface area contributed by atoms with E-state index >= 15 is 0 Å². The van der Waals surface area contributed by atoms with Crippen LogP contribution in [-0.2, 0) is 6.54 Å². The van der Waals surface area contributed by atoms with E-state index in [9.17, 15) is 4.79 Å². The van der Waals surface area contributed by atoms with Gasteiger partial charge in [-0.1, -0.05) is 52.6 Å². The third-order valence-corrected chi connectivity index (χ3v) is 6.33. The molecule has 8 nitrogen and oxygen atoms in total. The Labute approximate surface area is 214 Å². The zero-order chi connectivity index (χ0) is 24.6. The Morgan fingerprint density at radius 3 is 2.44 bits per heavy atom. The lowest BCUT2D eigenvalue weighted by atomic mass is 9.98. The number of pyridine rings is 1. The van der Waals surface area contributed by atoms with Gasteiger partial charge < -0.3 is 4.52 Å². The second-order valence-electron chi connectivity index (χ2n) is 8.01. The minimum Gasteiger partial charge on any atom is -0.356 e. The lowest BCUT2D eigenvalue weighted by Crippen LogP contribution is -2.23. The van der Waals surface area contributed by atoms with Gasteiger partial charge in [-0.3, -0.25) is 4.98 Å². The summed E-state index contributed by atoms with van der Waals surface area (Å²) in [7, 11) is 0. The summed E-state index contributed by atoms with van der Waals surface area (Å²) in [5, 5.41) is 14.3. The summed E-state index contributed by atoms with van der Waals surface area (Å²) >= 11 is 12.4. The fourth-order valence-corrected chi connectivity index (χ4v) is 4.40. The number of benzene rings is 2. The SMILES string of the molecule is O=c1n(Cc2cc(-c3ccccc3Cl)on2)nc2c(-c3ccncc3)c(-c3ccc(Cl)cc3)cnn12. The van der Waals surface area contributed by atoms with Crippen LogP contribution in [0.25, 0.3) is 39.2 Å². The van der Waals surface area contributed by atoms with Gasteiger partial charge in [-0.15, -0.1) is 5.10 Å². The first-order valence-electron chi connectivity index (χ1n) is 10.9. The first-order valence-corrected chi connectivity index (χ1v) is 11.7. The largest absolute Gasteiger partial charge is 0.367 e. The van der Waals surface area contributed by atoms with E-state index in [2.05, 4.69) is 20.3 Å². The summed E-state index contributed by atoms with van der Waals surface area (Å²) in [4.78, 5) is 17.4. The molecule has 0 fully saturated rings. The van der Waals surface area contributed by atoms with Crippen LogP contribution in [0.4, 0.5) is 0 Å². The molecule has 2 aromatic carbocycles. The van der Waals surface area contributed by atoms with Gasteiger partial charge in [0.15, 0.2) is 11.4 Å². The van der Waals surface area contributed by atoms with Crippen LogP contribution in [0.5, 0.6) is 0 Å². The fourth-order valence-electron chi connectivity index (χ4n) is 4.04. The Balaban J connectivity index is 1.47. The lowest BCUT2D eigenvalue weighted by Gasteiger charge is -2.10. The van der Waals surface area contributed by atoms with Gasteiger partial charge in [0.1, 0.15) is 5.69 Å². The Bertz CT molecular complexity index is 1760. The van der Waals surface area contributed by atoms with E-state index in [1.165, 1.54) is 9.20 Å². The van der Waals surface area contributed by atoms with Crippen LogP contribution in [0, 0.1) is 0 Å². The van der Waals surface area contributed by atoms with Crippen molar-refractivity contribution in [2.45, 2.75) is 6.54 Å². The number of halogens is 2. The topological polar surface area (TPSA) is 91.1 Å². The van der Waals surface area contributed by atoms with Crippen molar-refractivity contribution in [2.24, 2.45) is 0 Å². The molecule has 4 aromatic heterocycles. The highest BCUT2D eigenvalue weighted by molar-refractivity contribution is 6.33. The Morgan fingerprint density at radius 2 is 1.67 bits per heavy atom.